The second kappa shape index (κ2) is 10.2. The van der Waals surface area contributed by atoms with Crippen LogP contribution >= 0.6 is 0 Å². The van der Waals surface area contributed by atoms with Crippen LogP contribution in [-0.2, 0) is 5.41 Å². The second-order valence-corrected chi connectivity index (χ2v) is 13.7. The molecule has 0 bridgehead atoms. The van der Waals surface area contributed by atoms with Crippen LogP contribution in [0.25, 0.3) is 49.4 Å². The summed E-state index contributed by atoms with van der Waals surface area (Å²) in [6, 6.07) is 53.9. The van der Waals surface area contributed by atoms with E-state index >= 15 is 0 Å². The number of para-hydroxylation sites is 2. The first-order chi connectivity index (χ1) is 22.9. The molecule has 0 amide bonds. The lowest BCUT2D eigenvalue weighted by atomic mass is 9.75. The number of aromatic nitrogens is 1. The van der Waals surface area contributed by atoms with Crippen LogP contribution < -0.4 is 4.90 Å². The standard InChI is InChI=1S/C45H36N2/c1-29-24-30(2)26-37(25-29)46(35-20-18-32(19-21-35)34-17-16-31-10-5-6-11-33(31)27-34)36-22-23-42-39(28-36)38-12-9-14-41-44(38)47(42)43-15-8-7-13-40(43)45(41,3)4/h5-28H,1-4H3. The summed E-state index contributed by atoms with van der Waals surface area (Å²) >= 11 is 0. The largest absolute Gasteiger partial charge is 0.310 e. The zero-order chi connectivity index (χ0) is 31.9. The highest BCUT2D eigenvalue weighted by atomic mass is 15.1. The van der Waals surface area contributed by atoms with Crippen molar-refractivity contribution in [3.63, 3.8) is 0 Å². The molecule has 2 heteroatoms. The summed E-state index contributed by atoms with van der Waals surface area (Å²) in [4.78, 5) is 2.41. The highest BCUT2D eigenvalue weighted by Gasteiger charge is 2.34. The van der Waals surface area contributed by atoms with Gasteiger partial charge in [-0.05, 0) is 113 Å². The zero-order valence-electron chi connectivity index (χ0n) is 27.3. The molecule has 0 unspecified atom stereocenters. The van der Waals surface area contributed by atoms with E-state index in [2.05, 4.69) is 183 Å². The summed E-state index contributed by atoms with van der Waals surface area (Å²) in [5.41, 5.74) is 14.9. The molecule has 9 rings (SSSR count). The smallest absolute Gasteiger partial charge is 0.0582 e. The highest BCUT2D eigenvalue weighted by molar-refractivity contribution is 6.12. The molecule has 1 aromatic heterocycles. The maximum atomic E-state index is 2.49. The number of anilines is 3. The van der Waals surface area contributed by atoms with Crippen LogP contribution in [0, 0.1) is 13.8 Å². The average Bonchev–Trinajstić information content (AvgIpc) is 3.41. The molecule has 0 saturated carbocycles. The van der Waals surface area contributed by atoms with Gasteiger partial charge in [0.2, 0.25) is 0 Å². The third-order valence-electron chi connectivity index (χ3n) is 10.2. The minimum absolute atomic E-state index is 0.0821. The van der Waals surface area contributed by atoms with Crippen LogP contribution in [0.4, 0.5) is 17.1 Å². The lowest BCUT2D eigenvalue weighted by molar-refractivity contribution is 0.630. The van der Waals surface area contributed by atoms with Crippen LogP contribution in [0.1, 0.15) is 36.1 Å². The molecule has 226 valence electrons. The summed E-state index contributed by atoms with van der Waals surface area (Å²) in [6.07, 6.45) is 0. The van der Waals surface area contributed by atoms with Crippen molar-refractivity contribution >= 4 is 49.6 Å². The molecule has 0 saturated heterocycles. The van der Waals surface area contributed by atoms with Crippen molar-refractivity contribution in [1.29, 1.82) is 0 Å². The maximum absolute atomic E-state index is 2.49. The molecule has 0 spiro atoms. The predicted octanol–water partition coefficient (Wildman–Crippen LogP) is 12.3. The van der Waals surface area contributed by atoms with Crippen LogP contribution in [0.15, 0.2) is 146 Å². The number of rotatable bonds is 4. The Kier molecular flexibility index (Phi) is 6.01. The van der Waals surface area contributed by atoms with Crippen molar-refractivity contribution in [2.75, 3.05) is 4.90 Å². The van der Waals surface area contributed by atoms with Gasteiger partial charge in [0.05, 0.1) is 16.7 Å². The molecule has 7 aromatic carbocycles. The second-order valence-electron chi connectivity index (χ2n) is 13.7. The first-order valence-corrected chi connectivity index (χ1v) is 16.5. The fraction of sp³-hybridized carbons (Fsp3) is 0.111. The number of aryl methyl sites for hydroxylation is 2. The Morgan fingerprint density at radius 2 is 1.17 bits per heavy atom. The number of hydrogen-bond donors (Lipinski definition) is 0. The highest BCUT2D eigenvalue weighted by Crippen LogP contribution is 2.48. The third kappa shape index (κ3) is 4.25. The molecule has 0 aliphatic carbocycles. The average molecular weight is 605 g/mol. The van der Waals surface area contributed by atoms with Crippen LogP contribution in [-0.4, -0.2) is 4.57 Å². The molecule has 0 fully saturated rings. The normalized spacial score (nSPS) is 13.3. The van der Waals surface area contributed by atoms with E-state index in [0.29, 0.717) is 0 Å². The van der Waals surface area contributed by atoms with Crippen LogP contribution in [0.2, 0.25) is 0 Å². The van der Waals surface area contributed by atoms with Gasteiger partial charge in [-0.1, -0.05) is 105 Å². The molecule has 1 aliphatic heterocycles. The molecular weight excluding hydrogens is 569 g/mol. The summed E-state index contributed by atoms with van der Waals surface area (Å²) in [5, 5.41) is 5.10. The van der Waals surface area contributed by atoms with Gasteiger partial charge in [-0.15, -0.1) is 0 Å². The Labute approximate surface area is 276 Å². The monoisotopic (exact) mass is 604 g/mol. The summed E-state index contributed by atoms with van der Waals surface area (Å²) in [5.74, 6) is 0. The number of fused-ring (bicyclic) bond motifs is 6. The van der Waals surface area contributed by atoms with Gasteiger partial charge in [-0.25, -0.2) is 0 Å². The van der Waals surface area contributed by atoms with E-state index in [4.69, 9.17) is 0 Å². The fourth-order valence-corrected chi connectivity index (χ4v) is 7.99. The Hall–Kier alpha value is -5.60. The van der Waals surface area contributed by atoms with E-state index in [-0.39, 0.29) is 5.41 Å². The Morgan fingerprint density at radius 1 is 0.489 bits per heavy atom. The van der Waals surface area contributed by atoms with Crippen molar-refractivity contribution < 1.29 is 0 Å². The molecule has 0 atom stereocenters. The number of benzene rings is 7. The van der Waals surface area contributed by atoms with E-state index in [9.17, 15) is 0 Å². The molecule has 2 heterocycles. The van der Waals surface area contributed by atoms with Gasteiger partial charge in [0.15, 0.2) is 0 Å². The van der Waals surface area contributed by atoms with E-state index < -0.39 is 0 Å². The lowest BCUT2D eigenvalue weighted by Gasteiger charge is -2.34. The summed E-state index contributed by atoms with van der Waals surface area (Å²) in [6.45, 7) is 9.09. The molecule has 0 radical (unpaired) electrons. The van der Waals surface area contributed by atoms with Crippen molar-refractivity contribution in [1.82, 2.24) is 4.57 Å². The van der Waals surface area contributed by atoms with Crippen molar-refractivity contribution in [2.24, 2.45) is 0 Å². The molecule has 47 heavy (non-hydrogen) atoms. The Morgan fingerprint density at radius 3 is 1.98 bits per heavy atom. The van der Waals surface area contributed by atoms with Crippen LogP contribution in [0.3, 0.4) is 0 Å². The van der Waals surface area contributed by atoms with E-state index in [1.54, 1.807) is 0 Å². The zero-order valence-corrected chi connectivity index (χ0v) is 27.3. The van der Waals surface area contributed by atoms with E-state index in [0.717, 1.165) is 11.4 Å². The summed E-state index contributed by atoms with van der Waals surface area (Å²) < 4.78 is 2.49. The quantitative estimate of drug-likeness (QED) is 0.194. The molecule has 2 nitrogen and oxygen atoms in total. The van der Waals surface area contributed by atoms with E-state index in [1.807, 2.05) is 0 Å². The predicted molar refractivity (Wildman–Crippen MR) is 200 cm³/mol. The van der Waals surface area contributed by atoms with E-state index in [1.165, 1.54) is 77.3 Å². The Balaban J connectivity index is 1.23. The first kappa shape index (κ1) is 27.7. The van der Waals surface area contributed by atoms with Gasteiger partial charge in [-0.2, -0.15) is 0 Å². The van der Waals surface area contributed by atoms with Crippen molar-refractivity contribution in [2.45, 2.75) is 33.1 Å². The summed E-state index contributed by atoms with van der Waals surface area (Å²) in [7, 11) is 0. The third-order valence-corrected chi connectivity index (χ3v) is 10.2. The minimum Gasteiger partial charge on any atom is -0.310 e. The number of hydrogen-bond acceptors (Lipinski definition) is 1. The van der Waals surface area contributed by atoms with Gasteiger partial charge in [0.25, 0.3) is 0 Å². The molecule has 8 aromatic rings. The molecular formula is C45H36N2. The van der Waals surface area contributed by atoms with Crippen molar-refractivity contribution in [3.05, 3.63) is 168 Å². The lowest BCUT2D eigenvalue weighted by Crippen LogP contribution is -2.26. The van der Waals surface area contributed by atoms with Crippen molar-refractivity contribution in [3.8, 4) is 16.8 Å². The van der Waals surface area contributed by atoms with Crippen LogP contribution in [0.5, 0.6) is 0 Å². The van der Waals surface area contributed by atoms with Gasteiger partial charge >= 0.3 is 0 Å². The molecule has 0 N–H and O–H groups in total. The Bertz CT molecular complexity index is 2490. The minimum atomic E-state index is -0.0821. The van der Waals surface area contributed by atoms with Gasteiger partial charge in [0, 0.05) is 33.2 Å². The van der Waals surface area contributed by atoms with Gasteiger partial charge < -0.3 is 9.47 Å². The first-order valence-electron chi connectivity index (χ1n) is 16.5. The fourth-order valence-electron chi connectivity index (χ4n) is 7.99. The van der Waals surface area contributed by atoms with Gasteiger partial charge in [0.1, 0.15) is 0 Å². The number of nitrogens with zero attached hydrogens (tertiary/aromatic N) is 2. The SMILES string of the molecule is Cc1cc(C)cc(N(c2ccc(-c3ccc4ccccc4c3)cc2)c2ccc3c(c2)c2cccc4c2n3-c2ccccc2C4(C)C)c1. The molecule has 1 aliphatic rings. The van der Waals surface area contributed by atoms with Gasteiger partial charge in [-0.3, -0.25) is 0 Å². The maximum Gasteiger partial charge on any atom is 0.0582 e. The topological polar surface area (TPSA) is 8.17 Å².